The average Bonchev–Trinajstić information content (AvgIpc) is 2.63. The van der Waals surface area contributed by atoms with Crippen molar-refractivity contribution in [2.45, 2.75) is 58.2 Å². The average molecular weight is 426 g/mol. The number of benzene rings is 1. The first-order chi connectivity index (χ1) is 13.5. The van der Waals surface area contributed by atoms with Gasteiger partial charge in [-0.1, -0.05) is 0 Å². The number of methoxy groups -OCH3 is 2. The Morgan fingerprint density at radius 3 is 2.28 bits per heavy atom. The van der Waals surface area contributed by atoms with E-state index in [2.05, 4.69) is 9.24 Å². The fourth-order valence-electron chi connectivity index (χ4n) is 3.53. The fraction of sp³-hybridized carbons (Fsp3) is 0.619. The summed E-state index contributed by atoms with van der Waals surface area (Å²) in [4.78, 5) is 24.3. The van der Waals surface area contributed by atoms with Gasteiger partial charge in [-0.25, -0.2) is 4.79 Å². The predicted octanol–water partition coefficient (Wildman–Crippen LogP) is 3.19. The highest BCUT2D eigenvalue weighted by Gasteiger charge is 2.45. The van der Waals surface area contributed by atoms with Crippen molar-refractivity contribution in [2.24, 2.45) is 5.41 Å². The highest BCUT2D eigenvalue weighted by molar-refractivity contribution is 7.27. The number of hydrogen-bond donors (Lipinski definition) is 1. The number of aromatic carboxylic acids is 1. The van der Waals surface area contributed by atoms with Crippen LogP contribution in [0, 0.1) is 5.41 Å². The lowest BCUT2D eigenvalue weighted by Crippen LogP contribution is -2.45. The van der Waals surface area contributed by atoms with Gasteiger partial charge in [-0.15, -0.1) is 9.24 Å². The summed E-state index contributed by atoms with van der Waals surface area (Å²) in [7, 11) is 5.56. The van der Waals surface area contributed by atoms with E-state index in [-0.39, 0.29) is 23.4 Å². The SMILES string of the molecule is COC[C@]1(C(=O)OC(C)(C)C)CC[C@@H](Oc2cc(C(=O)O)c(OC)cc2P)CC1. The molecular formula is C21H31O7P. The molecule has 0 saturated heterocycles. The Labute approximate surface area is 174 Å². The molecule has 1 aromatic carbocycles. The van der Waals surface area contributed by atoms with E-state index < -0.39 is 17.0 Å². The molecule has 2 rings (SSSR count). The van der Waals surface area contributed by atoms with Crippen molar-refractivity contribution in [3.8, 4) is 11.5 Å². The van der Waals surface area contributed by atoms with Gasteiger partial charge in [0, 0.05) is 12.4 Å². The monoisotopic (exact) mass is 426 g/mol. The van der Waals surface area contributed by atoms with Gasteiger partial charge in [0.2, 0.25) is 0 Å². The fourth-order valence-corrected chi connectivity index (χ4v) is 3.83. The first-order valence-electron chi connectivity index (χ1n) is 9.61. The number of carbonyl (C=O) groups excluding carboxylic acids is 1. The molecule has 0 spiro atoms. The van der Waals surface area contributed by atoms with Gasteiger partial charge in [-0.3, -0.25) is 4.79 Å². The zero-order valence-electron chi connectivity index (χ0n) is 17.7. The minimum absolute atomic E-state index is 0.0481. The summed E-state index contributed by atoms with van der Waals surface area (Å²) in [5, 5.41) is 10.1. The van der Waals surface area contributed by atoms with Gasteiger partial charge in [0.15, 0.2) is 0 Å². The number of carbonyl (C=O) groups is 2. The minimum atomic E-state index is -1.08. The van der Waals surface area contributed by atoms with E-state index in [9.17, 15) is 14.7 Å². The molecule has 7 nitrogen and oxygen atoms in total. The summed E-state index contributed by atoms with van der Waals surface area (Å²) in [5.74, 6) is -0.559. The summed E-state index contributed by atoms with van der Waals surface area (Å²) in [6.07, 6.45) is 2.31. The Balaban J connectivity index is 2.13. The van der Waals surface area contributed by atoms with E-state index in [0.29, 0.717) is 43.3 Å². The van der Waals surface area contributed by atoms with Gasteiger partial charge in [-0.05, 0) is 58.6 Å². The quantitative estimate of drug-likeness (QED) is 0.529. The maximum Gasteiger partial charge on any atom is 0.339 e. The van der Waals surface area contributed by atoms with Crippen LogP contribution in [0.5, 0.6) is 11.5 Å². The normalized spacial score (nSPS) is 22.1. The molecule has 162 valence electrons. The van der Waals surface area contributed by atoms with Crippen molar-refractivity contribution in [1.82, 2.24) is 0 Å². The topological polar surface area (TPSA) is 91.3 Å². The number of esters is 1. The van der Waals surface area contributed by atoms with Gasteiger partial charge in [0.25, 0.3) is 0 Å². The highest BCUT2D eigenvalue weighted by atomic mass is 31.0. The van der Waals surface area contributed by atoms with Crippen LogP contribution >= 0.6 is 9.24 Å². The molecule has 1 fully saturated rings. The summed E-state index contributed by atoms with van der Waals surface area (Å²) in [5.41, 5.74) is -1.19. The second-order valence-electron chi connectivity index (χ2n) is 8.43. The Kier molecular flexibility index (Phi) is 7.52. The molecule has 0 amide bonds. The zero-order chi connectivity index (χ0) is 21.8. The highest BCUT2D eigenvalue weighted by Crippen LogP contribution is 2.40. The van der Waals surface area contributed by atoms with Crippen molar-refractivity contribution in [3.05, 3.63) is 17.7 Å². The van der Waals surface area contributed by atoms with Crippen molar-refractivity contribution in [3.63, 3.8) is 0 Å². The summed E-state index contributed by atoms with van der Waals surface area (Å²) >= 11 is 0. The lowest BCUT2D eigenvalue weighted by atomic mass is 9.73. The van der Waals surface area contributed by atoms with E-state index in [1.165, 1.54) is 13.2 Å². The lowest BCUT2D eigenvalue weighted by Gasteiger charge is -2.39. The Hall–Kier alpha value is -1.85. The van der Waals surface area contributed by atoms with Crippen molar-refractivity contribution in [2.75, 3.05) is 20.8 Å². The van der Waals surface area contributed by atoms with Crippen molar-refractivity contribution < 1.29 is 33.6 Å². The molecule has 0 heterocycles. The number of ether oxygens (including phenoxy) is 4. The molecule has 29 heavy (non-hydrogen) atoms. The molecule has 8 heteroatoms. The maximum atomic E-state index is 12.8. The van der Waals surface area contributed by atoms with Crippen LogP contribution in [0.4, 0.5) is 0 Å². The van der Waals surface area contributed by atoms with E-state index in [1.807, 2.05) is 20.8 Å². The largest absolute Gasteiger partial charge is 0.496 e. The molecule has 0 bridgehead atoms. The first kappa shape index (κ1) is 23.4. The number of carboxylic acid groups (broad SMARTS) is 1. The Morgan fingerprint density at radius 2 is 1.79 bits per heavy atom. The van der Waals surface area contributed by atoms with Crippen LogP contribution in [-0.2, 0) is 14.3 Å². The van der Waals surface area contributed by atoms with E-state index in [1.54, 1.807) is 13.2 Å². The molecule has 1 atom stereocenters. The minimum Gasteiger partial charge on any atom is -0.496 e. The van der Waals surface area contributed by atoms with E-state index in [4.69, 9.17) is 18.9 Å². The second-order valence-corrected chi connectivity index (χ2v) is 9.05. The molecule has 1 unspecified atom stereocenters. The van der Waals surface area contributed by atoms with Gasteiger partial charge in [-0.2, -0.15) is 0 Å². The Morgan fingerprint density at radius 1 is 1.17 bits per heavy atom. The molecule has 1 aliphatic rings. The molecule has 0 radical (unpaired) electrons. The van der Waals surface area contributed by atoms with Gasteiger partial charge < -0.3 is 24.1 Å². The summed E-state index contributed by atoms with van der Waals surface area (Å²) in [6.45, 7) is 5.86. The van der Waals surface area contributed by atoms with Gasteiger partial charge in [0.1, 0.15) is 22.7 Å². The van der Waals surface area contributed by atoms with Gasteiger partial charge in [0.05, 0.1) is 25.2 Å². The Bertz CT molecular complexity index is 746. The summed E-state index contributed by atoms with van der Waals surface area (Å²) in [6, 6.07) is 3.11. The molecule has 1 saturated carbocycles. The molecule has 1 aromatic rings. The zero-order valence-corrected chi connectivity index (χ0v) is 18.9. The maximum absolute atomic E-state index is 12.8. The third kappa shape index (κ3) is 5.83. The molecule has 1 N–H and O–H groups in total. The van der Waals surface area contributed by atoms with Crippen LogP contribution < -0.4 is 14.8 Å². The number of carboxylic acids is 1. The van der Waals surface area contributed by atoms with Crippen LogP contribution in [0.1, 0.15) is 56.8 Å². The third-order valence-corrected chi connectivity index (χ3v) is 5.45. The molecular weight excluding hydrogens is 395 g/mol. The smallest absolute Gasteiger partial charge is 0.339 e. The van der Waals surface area contributed by atoms with Crippen molar-refractivity contribution >= 4 is 26.5 Å². The number of hydrogen-bond acceptors (Lipinski definition) is 6. The summed E-state index contributed by atoms with van der Waals surface area (Å²) < 4.78 is 22.2. The van der Waals surface area contributed by atoms with Gasteiger partial charge >= 0.3 is 11.9 Å². The van der Waals surface area contributed by atoms with E-state index in [0.717, 1.165) is 0 Å². The second kappa shape index (κ2) is 9.31. The van der Waals surface area contributed by atoms with Crippen LogP contribution in [0.2, 0.25) is 0 Å². The molecule has 0 aliphatic heterocycles. The van der Waals surface area contributed by atoms with Crippen LogP contribution in [0.25, 0.3) is 0 Å². The lowest BCUT2D eigenvalue weighted by molar-refractivity contribution is -0.174. The number of rotatable bonds is 7. The molecule has 0 aromatic heterocycles. The van der Waals surface area contributed by atoms with Crippen molar-refractivity contribution in [1.29, 1.82) is 0 Å². The van der Waals surface area contributed by atoms with E-state index >= 15 is 0 Å². The predicted molar refractivity (Wildman–Crippen MR) is 112 cm³/mol. The standard InChI is InChI=1S/C21H31O7P/c1-20(2,3)28-19(24)21(12-25-4)8-6-13(7-9-21)27-16-10-14(18(22)23)15(26-5)11-17(16)29/h10-11,13H,6-9,12,29H2,1-5H3,(H,22,23)/t13-,21+. The van der Waals surface area contributed by atoms with Crippen LogP contribution in [0.3, 0.4) is 0 Å². The van der Waals surface area contributed by atoms with Crippen LogP contribution in [-0.4, -0.2) is 49.6 Å². The molecule has 1 aliphatic carbocycles. The first-order valence-corrected chi connectivity index (χ1v) is 10.2. The van der Waals surface area contributed by atoms with Crippen LogP contribution in [0.15, 0.2) is 12.1 Å². The third-order valence-electron chi connectivity index (χ3n) is 5.00.